The van der Waals surface area contributed by atoms with Gasteiger partial charge in [-0.25, -0.2) is 4.79 Å². The molecule has 2 aromatic heterocycles. The minimum absolute atomic E-state index is 0.177. The van der Waals surface area contributed by atoms with E-state index in [1.54, 1.807) is 23.0 Å². The van der Waals surface area contributed by atoms with Crippen molar-refractivity contribution in [3.8, 4) is 22.8 Å². The van der Waals surface area contributed by atoms with Gasteiger partial charge in [-0.2, -0.15) is 10.1 Å². The molecule has 7 nitrogen and oxygen atoms in total. The van der Waals surface area contributed by atoms with Gasteiger partial charge in [0.15, 0.2) is 0 Å². The highest BCUT2D eigenvalue weighted by Gasteiger charge is 2.15. The average molecular weight is 284 g/mol. The Kier molecular flexibility index (Phi) is 3.02. The Hall–Kier alpha value is -2.96. The van der Waals surface area contributed by atoms with E-state index in [2.05, 4.69) is 15.2 Å². The Bertz CT molecular complexity index is 819. The lowest BCUT2D eigenvalue weighted by atomic mass is 10.1. The van der Waals surface area contributed by atoms with Crippen LogP contribution in [-0.4, -0.2) is 31.0 Å². The number of benzene rings is 1. The molecule has 0 spiro atoms. The summed E-state index contributed by atoms with van der Waals surface area (Å²) in [6.07, 6.45) is 1.79. The van der Waals surface area contributed by atoms with Crippen LogP contribution in [0.1, 0.15) is 16.1 Å². The molecular weight excluding hydrogens is 272 g/mol. The first-order chi connectivity index (χ1) is 10.0. The van der Waals surface area contributed by atoms with Gasteiger partial charge in [-0.3, -0.25) is 4.68 Å². The maximum atomic E-state index is 11.0. The number of carboxylic acid groups (broad SMARTS) is 1. The summed E-state index contributed by atoms with van der Waals surface area (Å²) >= 11 is 0. The van der Waals surface area contributed by atoms with E-state index in [9.17, 15) is 4.79 Å². The van der Waals surface area contributed by atoms with Crippen molar-refractivity contribution in [1.29, 1.82) is 0 Å². The molecule has 0 atom stereocenters. The zero-order valence-corrected chi connectivity index (χ0v) is 11.4. The lowest BCUT2D eigenvalue weighted by Crippen LogP contribution is -1.96. The Morgan fingerprint density at radius 2 is 2.19 bits per heavy atom. The van der Waals surface area contributed by atoms with Crippen LogP contribution in [0, 0.1) is 6.92 Å². The molecular formula is C14H12N4O3. The van der Waals surface area contributed by atoms with Crippen LogP contribution in [0.25, 0.3) is 22.8 Å². The van der Waals surface area contributed by atoms with Crippen LogP contribution in [0.15, 0.2) is 35.0 Å². The van der Waals surface area contributed by atoms with Gasteiger partial charge in [0.25, 0.3) is 5.89 Å². The number of aromatic nitrogens is 4. The van der Waals surface area contributed by atoms with Crippen molar-refractivity contribution in [2.45, 2.75) is 6.92 Å². The van der Waals surface area contributed by atoms with Crippen molar-refractivity contribution >= 4 is 5.97 Å². The van der Waals surface area contributed by atoms with Gasteiger partial charge in [0.1, 0.15) is 0 Å². The van der Waals surface area contributed by atoms with Gasteiger partial charge < -0.3 is 9.63 Å². The normalized spacial score (nSPS) is 10.8. The third-order valence-electron chi connectivity index (χ3n) is 3.04. The number of rotatable bonds is 3. The molecule has 0 unspecified atom stereocenters. The van der Waals surface area contributed by atoms with E-state index < -0.39 is 5.97 Å². The van der Waals surface area contributed by atoms with Gasteiger partial charge in [0.2, 0.25) is 5.82 Å². The van der Waals surface area contributed by atoms with Gasteiger partial charge in [-0.1, -0.05) is 17.3 Å². The third kappa shape index (κ3) is 2.40. The van der Waals surface area contributed by atoms with Crippen molar-refractivity contribution in [2.75, 3.05) is 0 Å². The fourth-order valence-electron chi connectivity index (χ4n) is 2.05. The van der Waals surface area contributed by atoms with Crippen molar-refractivity contribution in [3.63, 3.8) is 0 Å². The van der Waals surface area contributed by atoms with Crippen LogP contribution in [0.4, 0.5) is 0 Å². The summed E-state index contributed by atoms with van der Waals surface area (Å²) in [5, 5.41) is 17.1. The van der Waals surface area contributed by atoms with Crippen molar-refractivity contribution < 1.29 is 14.4 Å². The lowest BCUT2D eigenvalue weighted by Gasteiger charge is -1.96. The molecule has 0 aliphatic carbocycles. The molecule has 1 aromatic carbocycles. The van der Waals surface area contributed by atoms with Gasteiger partial charge in [-0.05, 0) is 19.1 Å². The first-order valence-electron chi connectivity index (χ1n) is 6.22. The van der Waals surface area contributed by atoms with Crippen molar-refractivity contribution in [2.24, 2.45) is 7.05 Å². The summed E-state index contributed by atoms with van der Waals surface area (Å²) in [7, 11) is 1.81. The molecule has 1 N–H and O–H groups in total. The molecule has 106 valence electrons. The lowest BCUT2D eigenvalue weighted by molar-refractivity contribution is 0.0697. The van der Waals surface area contributed by atoms with Crippen LogP contribution in [0.3, 0.4) is 0 Å². The van der Waals surface area contributed by atoms with Crippen molar-refractivity contribution in [3.05, 3.63) is 41.7 Å². The SMILES string of the molecule is Cc1nn(C)cc1-c1nc(-c2cccc(C(=O)O)c2)no1. The number of aromatic carboxylic acids is 1. The number of carboxylic acids is 1. The average Bonchev–Trinajstić information content (AvgIpc) is 3.05. The maximum Gasteiger partial charge on any atom is 0.335 e. The van der Waals surface area contributed by atoms with Crippen molar-refractivity contribution in [1.82, 2.24) is 19.9 Å². The highest BCUT2D eigenvalue weighted by atomic mass is 16.5. The predicted molar refractivity (Wildman–Crippen MR) is 73.6 cm³/mol. The quantitative estimate of drug-likeness (QED) is 0.791. The van der Waals surface area contributed by atoms with Gasteiger partial charge >= 0.3 is 5.97 Å². The maximum absolute atomic E-state index is 11.0. The Balaban J connectivity index is 2.00. The molecule has 3 rings (SSSR count). The standard InChI is InChI=1S/C14H12N4O3/c1-8-11(7-18(2)16-8)13-15-12(17-21-13)9-4-3-5-10(6-9)14(19)20/h3-7H,1-2H3,(H,19,20). The summed E-state index contributed by atoms with van der Waals surface area (Å²) in [5.41, 5.74) is 2.31. The van der Waals surface area contributed by atoms with Gasteiger partial charge in [-0.15, -0.1) is 0 Å². The molecule has 7 heteroatoms. The smallest absolute Gasteiger partial charge is 0.335 e. The van der Waals surface area contributed by atoms with Crippen LogP contribution in [-0.2, 0) is 7.05 Å². The number of hydrogen-bond acceptors (Lipinski definition) is 5. The molecule has 0 bridgehead atoms. The Labute approximate surface area is 119 Å². The monoisotopic (exact) mass is 284 g/mol. The number of hydrogen-bond donors (Lipinski definition) is 1. The molecule has 2 heterocycles. The Morgan fingerprint density at radius 3 is 2.86 bits per heavy atom. The number of carbonyl (C=O) groups is 1. The van der Waals surface area contributed by atoms with Crippen LogP contribution < -0.4 is 0 Å². The van der Waals surface area contributed by atoms with Crippen LogP contribution >= 0.6 is 0 Å². The first-order valence-corrected chi connectivity index (χ1v) is 6.22. The topological polar surface area (TPSA) is 94.0 Å². The molecule has 0 fully saturated rings. The van der Waals surface area contributed by atoms with Crippen LogP contribution in [0.5, 0.6) is 0 Å². The Morgan fingerprint density at radius 1 is 1.38 bits per heavy atom. The molecule has 21 heavy (non-hydrogen) atoms. The minimum Gasteiger partial charge on any atom is -0.478 e. The van der Waals surface area contributed by atoms with E-state index in [-0.39, 0.29) is 5.56 Å². The van der Waals surface area contributed by atoms with E-state index in [0.717, 1.165) is 11.3 Å². The molecule has 0 saturated heterocycles. The summed E-state index contributed by atoms with van der Waals surface area (Å²) in [6, 6.07) is 6.40. The highest BCUT2D eigenvalue weighted by Crippen LogP contribution is 2.24. The molecule has 0 saturated carbocycles. The molecule has 0 amide bonds. The predicted octanol–water partition coefficient (Wildman–Crippen LogP) is 2.14. The zero-order valence-electron chi connectivity index (χ0n) is 11.4. The number of aryl methyl sites for hydroxylation is 2. The fraction of sp³-hybridized carbons (Fsp3) is 0.143. The summed E-state index contributed by atoms with van der Waals surface area (Å²) in [5.74, 6) is -0.295. The molecule has 0 aliphatic rings. The largest absolute Gasteiger partial charge is 0.478 e. The summed E-state index contributed by atoms with van der Waals surface area (Å²) in [4.78, 5) is 15.3. The zero-order chi connectivity index (χ0) is 15.0. The van der Waals surface area contributed by atoms with Crippen LogP contribution in [0.2, 0.25) is 0 Å². The van der Waals surface area contributed by atoms with E-state index >= 15 is 0 Å². The van der Waals surface area contributed by atoms with E-state index in [0.29, 0.717) is 17.3 Å². The number of nitrogens with zero attached hydrogens (tertiary/aromatic N) is 4. The third-order valence-corrected chi connectivity index (χ3v) is 3.04. The second kappa shape index (κ2) is 4.86. The summed E-state index contributed by atoms with van der Waals surface area (Å²) in [6.45, 7) is 1.85. The molecule has 0 radical (unpaired) electrons. The highest BCUT2D eigenvalue weighted by molar-refractivity contribution is 5.89. The second-order valence-corrected chi connectivity index (χ2v) is 4.61. The minimum atomic E-state index is -0.997. The first kappa shape index (κ1) is 13.0. The van der Waals surface area contributed by atoms with E-state index in [1.807, 2.05) is 14.0 Å². The van der Waals surface area contributed by atoms with E-state index in [1.165, 1.54) is 12.1 Å². The van der Waals surface area contributed by atoms with Gasteiger partial charge in [0, 0.05) is 18.8 Å². The molecule has 3 aromatic rings. The fourth-order valence-corrected chi connectivity index (χ4v) is 2.05. The summed E-state index contributed by atoms with van der Waals surface area (Å²) < 4.78 is 6.90. The molecule has 0 aliphatic heterocycles. The van der Waals surface area contributed by atoms with E-state index in [4.69, 9.17) is 9.63 Å². The van der Waals surface area contributed by atoms with Gasteiger partial charge in [0.05, 0.1) is 16.8 Å². The second-order valence-electron chi connectivity index (χ2n) is 4.61.